The first kappa shape index (κ1) is 11.6. The molecule has 17 heavy (non-hydrogen) atoms. The van der Waals surface area contributed by atoms with Crippen molar-refractivity contribution in [3.8, 4) is 11.8 Å². The van der Waals surface area contributed by atoms with Crippen molar-refractivity contribution in [1.82, 2.24) is 9.78 Å². The first-order chi connectivity index (χ1) is 8.02. The number of nitriles is 1. The van der Waals surface area contributed by atoms with Crippen molar-refractivity contribution >= 4 is 13.4 Å². The molecule has 0 saturated carbocycles. The molecule has 2 aromatic rings. The van der Waals surface area contributed by atoms with Crippen LogP contribution in [0.15, 0.2) is 36.4 Å². The van der Waals surface area contributed by atoms with Crippen molar-refractivity contribution in [3.63, 3.8) is 0 Å². The highest BCUT2D eigenvalue weighted by Crippen LogP contribution is 2.10. The molecule has 0 aliphatic carbocycles. The summed E-state index contributed by atoms with van der Waals surface area (Å²) in [7, 11) is -1.51. The van der Waals surface area contributed by atoms with Crippen LogP contribution < -0.4 is 5.32 Å². The Morgan fingerprint density at radius 1 is 1.18 bits per heavy atom. The predicted molar refractivity (Wildman–Crippen MR) is 71.3 cm³/mol. The fourth-order valence-corrected chi connectivity index (χ4v) is 3.12. The van der Waals surface area contributed by atoms with Gasteiger partial charge in [0.15, 0.2) is 5.69 Å². The largest absolute Gasteiger partial charge is 0.241 e. The topological polar surface area (TPSA) is 41.6 Å². The first-order valence-corrected chi connectivity index (χ1v) is 9.08. The number of rotatable bonds is 2. The molecule has 0 aliphatic heterocycles. The summed E-state index contributed by atoms with van der Waals surface area (Å²) in [6.45, 7) is 6.76. The molecule has 0 bridgehead atoms. The monoisotopic (exact) mass is 241 g/mol. The molecule has 0 amide bonds. The molecule has 0 unspecified atom stereocenters. The van der Waals surface area contributed by atoms with E-state index in [1.807, 2.05) is 41.1 Å². The third-order valence-electron chi connectivity index (χ3n) is 2.59. The van der Waals surface area contributed by atoms with Crippen LogP contribution in [0.25, 0.3) is 5.69 Å². The molecule has 0 saturated heterocycles. The smallest absolute Gasteiger partial charge is 0.162 e. The lowest BCUT2D eigenvalue weighted by Gasteiger charge is -2.17. The maximum absolute atomic E-state index is 8.98. The highest BCUT2D eigenvalue weighted by Gasteiger charge is 2.23. The fraction of sp³-hybridized carbons (Fsp3) is 0.231. The second-order valence-electron chi connectivity index (χ2n) is 5.02. The molecule has 4 heteroatoms. The molecule has 0 fully saturated rings. The standard InChI is InChI=1S/C13H15N3Si/c1-17(2,3)13-9-11(10-14)15-16(13)12-7-5-4-6-8-12/h4-9H,1-3H3. The normalized spacial score (nSPS) is 11.2. The van der Waals surface area contributed by atoms with Crippen molar-refractivity contribution in [2.45, 2.75) is 19.6 Å². The van der Waals surface area contributed by atoms with Crippen molar-refractivity contribution in [2.75, 3.05) is 0 Å². The summed E-state index contributed by atoms with van der Waals surface area (Å²) in [5.41, 5.74) is 1.51. The van der Waals surface area contributed by atoms with Crippen LogP contribution in [-0.2, 0) is 0 Å². The Morgan fingerprint density at radius 3 is 2.35 bits per heavy atom. The average Bonchev–Trinajstić information content (AvgIpc) is 2.74. The van der Waals surface area contributed by atoms with Gasteiger partial charge in [0.25, 0.3) is 0 Å². The van der Waals surface area contributed by atoms with Crippen LogP contribution in [0.1, 0.15) is 5.69 Å². The van der Waals surface area contributed by atoms with Crippen LogP contribution in [0.5, 0.6) is 0 Å². The molecule has 86 valence electrons. The van der Waals surface area contributed by atoms with Gasteiger partial charge in [-0.25, -0.2) is 4.68 Å². The molecule has 0 spiro atoms. The maximum atomic E-state index is 8.98. The minimum atomic E-state index is -1.51. The van der Waals surface area contributed by atoms with Crippen LogP contribution in [0, 0.1) is 11.3 Å². The number of hydrogen-bond donors (Lipinski definition) is 0. The Morgan fingerprint density at radius 2 is 1.82 bits per heavy atom. The van der Waals surface area contributed by atoms with Gasteiger partial charge < -0.3 is 0 Å². The van der Waals surface area contributed by atoms with Gasteiger partial charge in [-0.05, 0) is 18.2 Å². The zero-order valence-electron chi connectivity index (χ0n) is 10.3. The second kappa shape index (κ2) is 4.19. The van der Waals surface area contributed by atoms with Crippen molar-refractivity contribution in [1.29, 1.82) is 5.26 Å². The molecule has 3 nitrogen and oxygen atoms in total. The molecule has 0 atom stereocenters. The predicted octanol–water partition coefficient (Wildman–Crippen LogP) is 2.29. The van der Waals surface area contributed by atoms with Gasteiger partial charge in [-0.1, -0.05) is 37.8 Å². The van der Waals surface area contributed by atoms with E-state index < -0.39 is 8.07 Å². The minimum Gasteiger partial charge on any atom is -0.241 e. The summed E-state index contributed by atoms with van der Waals surface area (Å²) in [4.78, 5) is 0. The quantitative estimate of drug-likeness (QED) is 0.757. The second-order valence-corrected chi connectivity index (χ2v) is 10.0. The van der Waals surface area contributed by atoms with Gasteiger partial charge in [0.2, 0.25) is 0 Å². The van der Waals surface area contributed by atoms with Crippen LogP contribution in [0.4, 0.5) is 0 Å². The number of para-hydroxylation sites is 1. The maximum Gasteiger partial charge on any atom is 0.162 e. The highest BCUT2D eigenvalue weighted by atomic mass is 28.3. The van der Waals surface area contributed by atoms with E-state index in [4.69, 9.17) is 5.26 Å². The molecule has 1 aromatic carbocycles. The van der Waals surface area contributed by atoms with E-state index in [-0.39, 0.29) is 0 Å². The molecular weight excluding hydrogens is 226 g/mol. The Kier molecular flexibility index (Phi) is 2.86. The zero-order valence-corrected chi connectivity index (χ0v) is 11.3. The fourth-order valence-electron chi connectivity index (χ4n) is 1.74. The summed E-state index contributed by atoms with van der Waals surface area (Å²) < 4.78 is 1.91. The van der Waals surface area contributed by atoms with Crippen LogP contribution in [0.2, 0.25) is 19.6 Å². The number of nitrogens with zero attached hydrogens (tertiary/aromatic N) is 3. The molecule has 0 radical (unpaired) electrons. The van der Waals surface area contributed by atoms with Gasteiger partial charge in [-0.2, -0.15) is 10.4 Å². The average molecular weight is 241 g/mol. The lowest BCUT2D eigenvalue weighted by atomic mass is 10.3. The summed E-state index contributed by atoms with van der Waals surface area (Å²) in [5.74, 6) is 0. The minimum absolute atomic E-state index is 0.492. The summed E-state index contributed by atoms with van der Waals surface area (Å²) in [6, 6.07) is 14.0. The Hall–Kier alpha value is -1.86. The molecular formula is C13H15N3Si. The number of hydrogen-bond acceptors (Lipinski definition) is 2. The molecule has 1 heterocycles. The van der Waals surface area contributed by atoms with Gasteiger partial charge in [-0.15, -0.1) is 0 Å². The van der Waals surface area contributed by atoms with E-state index in [1.165, 1.54) is 5.32 Å². The van der Waals surface area contributed by atoms with E-state index in [1.54, 1.807) is 0 Å². The highest BCUT2D eigenvalue weighted by molar-refractivity contribution is 6.88. The molecule has 2 rings (SSSR count). The van der Waals surface area contributed by atoms with E-state index in [9.17, 15) is 0 Å². The van der Waals surface area contributed by atoms with Gasteiger partial charge >= 0.3 is 0 Å². The summed E-state index contributed by atoms with van der Waals surface area (Å²) >= 11 is 0. The van der Waals surface area contributed by atoms with Crippen LogP contribution in [-0.4, -0.2) is 17.9 Å². The summed E-state index contributed by atoms with van der Waals surface area (Å²) in [5, 5.41) is 14.5. The van der Waals surface area contributed by atoms with Crippen LogP contribution in [0.3, 0.4) is 0 Å². The van der Waals surface area contributed by atoms with Crippen molar-refractivity contribution < 1.29 is 0 Å². The Bertz CT molecular complexity index is 559. The third-order valence-corrected chi connectivity index (χ3v) is 4.49. The van der Waals surface area contributed by atoms with Gasteiger partial charge in [0, 0.05) is 5.32 Å². The van der Waals surface area contributed by atoms with E-state index in [0.29, 0.717) is 5.69 Å². The van der Waals surface area contributed by atoms with Crippen LogP contribution >= 0.6 is 0 Å². The molecule has 1 aromatic heterocycles. The SMILES string of the molecule is C[Si](C)(C)c1cc(C#N)nn1-c1ccccc1. The first-order valence-electron chi connectivity index (χ1n) is 5.58. The lowest BCUT2D eigenvalue weighted by molar-refractivity contribution is 0.891. The van der Waals surface area contributed by atoms with E-state index >= 15 is 0 Å². The van der Waals surface area contributed by atoms with Gasteiger partial charge in [0.1, 0.15) is 14.1 Å². The van der Waals surface area contributed by atoms with E-state index in [0.717, 1.165) is 5.69 Å². The third kappa shape index (κ3) is 2.29. The summed E-state index contributed by atoms with van der Waals surface area (Å²) in [6.07, 6.45) is 0. The van der Waals surface area contributed by atoms with E-state index in [2.05, 4.69) is 30.8 Å². The number of aromatic nitrogens is 2. The lowest BCUT2D eigenvalue weighted by Crippen LogP contribution is -2.42. The zero-order chi connectivity index (χ0) is 12.5. The van der Waals surface area contributed by atoms with Gasteiger partial charge in [-0.3, -0.25) is 0 Å². The van der Waals surface area contributed by atoms with Crippen molar-refractivity contribution in [2.24, 2.45) is 0 Å². The van der Waals surface area contributed by atoms with Gasteiger partial charge in [0.05, 0.1) is 5.69 Å². The Labute approximate surface area is 102 Å². The molecule has 0 aliphatic rings. The number of benzene rings is 1. The van der Waals surface area contributed by atoms with Crippen molar-refractivity contribution in [3.05, 3.63) is 42.1 Å². The molecule has 0 N–H and O–H groups in total. The Balaban J connectivity index is 2.62.